The fraction of sp³-hybridized carbons (Fsp3) is 0.571. The van der Waals surface area contributed by atoms with E-state index in [9.17, 15) is 9.90 Å². The Balaban J connectivity index is 2.07. The number of rotatable bonds is 5. The van der Waals surface area contributed by atoms with Gasteiger partial charge in [0.2, 0.25) is 0 Å². The standard InChI is InChI=1S/C14H19N3O3/c1-2-3-9-20-17-8-5-14(19,10-12(17)11-18)13-15-6-4-7-16-13/h4,6-7,19H,2-3,5,8-10H2,1H3. The molecule has 0 amide bonds. The molecule has 20 heavy (non-hydrogen) atoms. The van der Waals surface area contributed by atoms with E-state index in [-0.39, 0.29) is 6.42 Å². The molecule has 2 heterocycles. The average molecular weight is 277 g/mol. The van der Waals surface area contributed by atoms with Gasteiger partial charge in [0.1, 0.15) is 17.2 Å². The summed E-state index contributed by atoms with van der Waals surface area (Å²) in [6.45, 7) is 3.05. The highest BCUT2D eigenvalue weighted by Gasteiger charge is 2.40. The Labute approximate surface area is 118 Å². The lowest BCUT2D eigenvalue weighted by molar-refractivity contribution is -0.167. The summed E-state index contributed by atoms with van der Waals surface area (Å²) in [5.41, 5.74) is -0.916. The first-order chi connectivity index (χ1) is 9.69. The average Bonchev–Trinajstić information content (AvgIpc) is 2.50. The van der Waals surface area contributed by atoms with Crippen molar-refractivity contribution in [2.45, 2.75) is 38.2 Å². The van der Waals surface area contributed by atoms with Crippen LogP contribution in [0.25, 0.3) is 0 Å². The van der Waals surface area contributed by atoms with Crippen LogP contribution in [-0.2, 0) is 15.2 Å². The SMILES string of the molecule is CCCCON1CCC(O)(c2ncccn2)CC1=C=O. The third kappa shape index (κ3) is 3.22. The molecule has 0 saturated carbocycles. The number of hydrogen-bond acceptors (Lipinski definition) is 6. The van der Waals surface area contributed by atoms with Crippen LogP contribution in [0.3, 0.4) is 0 Å². The molecule has 0 radical (unpaired) electrons. The Morgan fingerprint density at radius 3 is 2.90 bits per heavy atom. The summed E-state index contributed by atoms with van der Waals surface area (Å²) in [7, 11) is 0. The second kappa shape index (κ2) is 6.61. The molecule has 1 fully saturated rings. The normalized spacial score (nSPS) is 22.7. The molecule has 1 N–H and O–H groups in total. The topological polar surface area (TPSA) is 75.6 Å². The third-order valence-electron chi connectivity index (χ3n) is 3.33. The first-order valence-corrected chi connectivity index (χ1v) is 6.84. The highest BCUT2D eigenvalue weighted by molar-refractivity contribution is 5.52. The Kier molecular flexibility index (Phi) is 4.84. The molecule has 0 bridgehead atoms. The molecule has 0 aromatic carbocycles. The largest absolute Gasteiger partial charge is 0.381 e. The van der Waals surface area contributed by atoms with Crippen LogP contribution in [0.4, 0.5) is 0 Å². The van der Waals surface area contributed by atoms with E-state index in [0.717, 1.165) is 12.8 Å². The van der Waals surface area contributed by atoms with E-state index in [1.165, 1.54) is 5.06 Å². The Bertz CT molecular complexity index is 488. The summed E-state index contributed by atoms with van der Waals surface area (Å²) >= 11 is 0. The van der Waals surface area contributed by atoms with E-state index in [1.807, 2.05) is 5.94 Å². The number of hydroxylamine groups is 2. The molecule has 1 unspecified atom stereocenters. The zero-order valence-corrected chi connectivity index (χ0v) is 11.6. The van der Waals surface area contributed by atoms with Crippen LogP contribution in [0.2, 0.25) is 0 Å². The predicted octanol–water partition coefficient (Wildman–Crippen LogP) is 1.21. The van der Waals surface area contributed by atoms with Crippen molar-refractivity contribution in [2.75, 3.05) is 13.2 Å². The summed E-state index contributed by atoms with van der Waals surface area (Å²) in [4.78, 5) is 24.8. The number of nitrogens with zero attached hydrogens (tertiary/aromatic N) is 3. The van der Waals surface area contributed by atoms with Crippen LogP contribution in [-0.4, -0.2) is 39.2 Å². The molecule has 1 aliphatic rings. The number of aliphatic hydroxyl groups is 1. The van der Waals surface area contributed by atoms with Crippen molar-refractivity contribution < 1.29 is 14.7 Å². The van der Waals surface area contributed by atoms with Crippen LogP contribution in [0.1, 0.15) is 38.4 Å². The molecule has 6 nitrogen and oxygen atoms in total. The summed E-state index contributed by atoms with van der Waals surface area (Å²) in [6, 6.07) is 1.69. The lowest BCUT2D eigenvalue weighted by atomic mass is 9.89. The monoisotopic (exact) mass is 277 g/mol. The van der Waals surface area contributed by atoms with Crippen LogP contribution in [0.15, 0.2) is 24.2 Å². The van der Waals surface area contributed by atoms with Crippen molar-refractivity contribution in [1.82, 2.24) is 15.0 Å². The lowest BCUT2D eigenvalue weighted by Gasteiger charge is -2.37. The fourth-order valence-electron chi connectivity index (χ4n) is 2.15. The van der Waals surface area contributed by atoms with Gasteiger partial charge in [0.15, 0.2) is 5.82 Å². The molecule has 1 aromatic heterocycles. The highest BCUT2D eigenvalue weighted by atomic mass is 16.7. The van der Waals surface area contributed by atoms with E-state index < -0.39 is 5.60 Å². The van der Waals surface area contributed by atoms with Crippen molar-refractivity contribution in [3.05, 3.63) is 30.0 Å². The van der Waals surface area contributed by atoms with Crippen molar-refractivity contribution >= 4 is 5.94 Å². The molecular formula is C14H19N3O3. The molecule has 2 rings (SSSR count). The molecule has 108 valence electrons. The lowest BCUT2D eigenvalue weighted by Crippen LogP contribution is -2.42. The Hall–Kier alpha value is -1.75. The maximum absolute atomic E-state index is 11.1. The highest BCUT2D eigenvalue weighted by Crippen LogP contribution is 2.34. The summed E-state index contributed by atoms with van der Waals surface area (Å²) in [6.07, 6.45) is 5.63. The fourth-order valence-corrected chi connectivity index (χ4v) is 2.15. The molecule has 1 aromatic rings. The van der Waals surface area contributed by atoms with Crippen LogP contribution >= 0.6 is 0 Å². The molecule has 1 aliphatic heterocycles. The van der Waals surface area contributed by atoms with Crippen LogP contribution in [0.5, 0.6) is 0 Å². The van der Waals surface area contributed by atoms with E-state index in [1.54, 1.807) is 18.5 Å². The van der Waals surface area contributed by atoms with Gasteiger partial charge in [-0.1, -0.05) is 13.3 Å². The second-order valence-electron chi connectivity index (χ2n) is 4.87. The maximum atomic E-state index is 11.1. The van der Waals surface area contributed by atoms with Gasteiger partial charge in [0.05, 0.1) is 6.61 Å². The van der Waals surface area contributed by atoms with Crippen molar-refractivity contribution in [1.29, 1.82) is 0 Å². The van der Waals surface area contributed by atoms with Crippen molar-refractivity contribution in [3.8, 4) is 0 Å². The smallest absolute Gasteiger partial charge is 0.160 e. The number of carbonyl (C=O) groups excluding carboxylic acids is 1. The predicted molar refractivity (Wildman–Crippen MR) is 71.9 cm³/mol. The van der Waals surface area contributed by atoms with Gasteiger partial charge in [0, 0.05) is 31.8 Å². The van der Waals surface area contributed by atoms with Gasteiger partial charge in [-0.2, -0.15) is 0 Å². The van der Waals surface area contributed by atoms with Gasteiger partial charge in [-0.25, -0.2) is 19.8 Å². The zero-order valence-electron chi connectivity index (χ0n) is 11.6. The second-order valence-corrected chi connectivity index (χ2v) is 4.87. The van der Waals surface area contributed by atoms with Crippen LogP contribution < -0.4 is 0 Å². The number of piperidine rings is 1. The van der Waals surface area contributed by atoms with Crippen LogP contribution in [0, 0.1) is 0 Å². The first-order valence-electron chi connectivity index (χ1n) is 6.84. The van der Waals surface area contributed by atoms with E-state index in [4.69, 9.17) is 4.84 Å². The minimum absolute atomic E-state index is 0.118. The van der Waals surface area contributed by atoms with E-state index >= 15 is 0 Å². The third-order valence-corrected chi connectivity index (χ3v) is 3.33. The summed E-state index contributed by atoms with van der Waals surface area (Å²) in [5.74, 6) is 2.19. The molecule has 0 aliphatic carbocycles. The molecule has 1 saturated heterocycles. The van der Waals surface area contributed by atoms with E-state index in [0.29, 0.717) is 31.1 Å². The Morgan fingerprint density at radius 2 is 2.25 bits per heavy atom. The maximum Gasteiger partial charge on any atom is 0.160 e. The summed E-state index contributed by atoms with van der Waals surface area (Å²) in [5, 5.41) is 12.2. The van der Waals surface area contributed by atoms with Gasteiger partial charge < -0.3 is 5.11 Å². The van der Waals surface area contributed by atoms with Crippen molar-refractivity contribution in [2.24, 2.45) is 0 Å². The van der Waals surface area contributed by atoms with Gasteiger partial charge in [0.25, 0.3) is 0 Å². The molecular weight excluding hydrogens is 258 g/mol. The zero-order chi connectivity index (χ0) is 14.4. The molecule has 0 spiro atoms. The number of aromatic nitrogens is 2. The van der Waals surface area contributed by atoms with Gasteiger partial charge in [-0.05, 0) is 12.5 Å². The summed E-state index contributed by atoms with van der Waals surface area (Å²) < 4.78 is 0. The van der Waals surface area contributed by atoms with Gasteiger partial charge >= 0.3 is 0 Å². The quantitative estimate of drug-likeness (QED) is 0.644. The molecule has 6 heteroatoms. The number of hydrogen-bond donors (Lipinski definition) is 1. The molecule has 1 atom stereocenters. The minimum atomic E-state index is -1.22. The van der Waals surface area contributed by atoms with Crippen molar-refractivity contribution in [3.63, 3.8) is 0 Å². The van der Waals surface area contributed by atoms with Gasteiger partial charge in [-0.15, -0.1) is 0 Å². The van der Waals surface area contributed by atoms with E-state index in [2.05, 4.69) is 16.9 Å². The first kappa shape index (κ1) is 14.7. The Morgan fingerprint density at radius 1 is 1.50 bits per heavy atom. The van der Waals surface area contributed by atoms with Gasteiger partial charge in [-0.3, -0.25) is 4.84 Å². The minimum Gasteiger partial charge on any atom is -0.381 e. The number of unbranched alkanes of at least 4 members (excludes halogenated alkanes) is 1.